The van der Waals surface area contributed by atoms with Crippen LogP contribution < -0.4 is 5.43 Å². The van der Waals surface area contributed by atoms with Gasteiger partial charge in [0.2, 0.25) is 5.91 Å². The molecular formula is C18H17FN2O. The average Bonchev–Trinajstić information content (AvgIpc) is 2.48. The van der Waals surface area contributed by atoms with Crippen molar-refractivity contribution in [3.8, 4) is 11.1 Å². The maximum atomic E-state index is 13.2. The topological polar surface area (TPSA) is 41.5 Å². The molecular weight excluding hydrogens is 279 g/mol. The van der Waals surface area contributed by atoms with Crippen LogP contribution in [0, 0.1) is 18.7 Å². The van der Waals surface area contributed by atoms with Crippen molar-refractivity contribution in [1.29, 1.82) is 0 Å². The number of hydrogen-bond acceptors (Lipinski definition) is 2. The lowest BCUT2D eigenvalue weighted by Crippen LogP contribution is -2.31. The Morgan fingerprint density at radius 1 is 1.14 bits per heavy atom. The monoisotopic (exact) mass is 296 g/mol. The first-order valence-corrected chi connectivity index (χ1v) is 7.28. The van der Waals surface area contributed by atoms with Gasteiger partial charge in [-0.3, -0.25) is 4.79 Å². The van der Waals surface area contributed by atoms with E-state index in [1.807, 2.05) is 38.1 Å². The summed E-state index contributed by atoms with van der Waals surface area (Å²) in [5.74, 6) is -0.166. The van der Waals surface area contributed by atoms with Crippen LogP contribution in [0.2, 0.25) is 0 Å². The third-order valence-electron chi connectivity index (χ3n) is 3.94. The minimum absolute atomic E-state index is 0.0465. The number of nitrogens with zero attached hydrogens (tertiary/aromatic N) is 1. The molecule has 1 aliphatic rings. The van der Waals surface area contributed by atoms with Crippen molar-refractivity contribution in [2.45, 2.75) is 20.3 Å². The number of carbonyl (C=O) groups is 1. The number of aryl methyl sites for hydroxylation is 1. The highest BCUT2D eigenvalue weighted by molar-refractivity contribution is 6.05. The predicted octanol–water partition coefficient (Wildman–Crippen LogP) is 3.66. The molecule has 3 rings (SSSR count). The second kappa shape index (κ2) is 5.72. The number of carbonyl (C=O) groups excluding carboxylic acids is 1. The molecule has 0 saturated carbocycles. The van der Waals surface area contributed by atoms with Gasteiger partial charge in [0.15, 0.2) is 0 Å². The van der Waals surface area contributed by atoms with Gasteiger partial charge in [-0.05, 0) is 41.3 Å². The third kappa shape index (κ3) is 2.77. The van der Waals surface area contributed by atoms with Gasteiger partial charge < -0.3 is 0 Å². The van der Waals surface area contributed by atoms with Gasteiger partial charge >= 0.3 is 0 Å². The number of benzene rings is 2. The molecule has 112 valence electrons. The van der Waals surface area contributed by atoms with Crippen molar-refractivity contribution in [2.75, 3.05) is 0 Å². The molecule has 0 fully saturated rings. The molecule has 0 aromatic heterocycles. The van der Waals surface area contributed by atoms with Crippen LogP contribution in [0.4, 0.5) is 4.39 Å². The predicted molar refractivity (Wildman–Crippen MR) is 85.0 cm³/mol. The molecule has 1 aliphatic heterocycles. The van der Waals surface area contributed by atoms with Crippen LogP contribution in [0.5, 0.6) is 0 Å². The smallest absolute Gasteiger partial charge is 0.240 e. The Bertz CT molecular complexity index is 750. The van der Waals surface area contributed by atoms with E-state index in [4.69, 9.17) is 0 Å². The lowest BCUT2D eigenvalue weighted by atomic mass is 9.92. The van der Waals surface area contributed by atoms with E-state index in [1.165, 1.54) is 12.1 Å². The molecule has 0 spiro atoms. The largest absolute Gasteiger partial charge is 0.273 e. The first-order chi connectivity index (χ1) is 10.5. The fraction of sp³-hybridized carbons (Fsp3) is 0.222. The molecule has 22 heavy (non-hydrogen) atoms. The number of rotatable bonds is 2. The standard InChI is InChI=1S/C18H17FN2O/c1-11-9-15(19)7-8-16(11)13-3-5-14(6-4-13)18-12(2)10-17(22)20-21-18/h3-9,12H,10H2,1-2H3,(H,20,22)/t12-/m1/s1. The zero-order chi connectivity index (χ0) is 15.7. The van der Waals surface area contributed by atoms with E-state index in [0.717, 1.165) is 28.0 Å². The van der Waals surface area contributed by atoms with Crippen LogP contribution in [0.15, 0.2) is 47.6 Å². The fourth-order valence-electron chi connectivity index (χ4n) is 2.77. The van der Waals surface area contributed by atoms with Crippen LogP contribution in [0.25, 0.3) is 11.1 Å². The van der Waals surface area contributed by atoms with E-state index in [2.05, 4.69) is 10.5 Å². The van der Waals surface area contributed by atoms with Gasteiger partial charge in [-0.1, -0.05) is 37.3 Å². The average molecular weight is 296 g/mol. The number of nitrogens with one attached hydrogen (secondary N) is 1. The second-order valence-corrected chi connectivity index (χ2v) is 5.67. The first-order valence-electron chi connectivity index (χ1n) is 7.28. The Labute approximate surface area is 128 Å². The highest BCUT2D eigenvalue weighted by Gasteiger charge is 2.21. The molecule has 3 nitrogen and oxygen atoms in total. The van der Waals surface area contributed by atoms with Gasteiger partial charge in [-0.25, -0.2) is 9.82 Å². The van der Waals surface area contributed by atoms with Gasteiger partial charge in [0.1, 0.15) is 5.82 Å². The first kappa shape index (κ1) is 14.4. The van der Waals surface area contributed by atoms with Crippen molar-refractivity contribution in [3.63, 3.8) is 0 Å². The molecule has 2 aromatic rings. The Balaban J connectivity index is 1.91. The molecule has 1 amide bonds. The Kier molecular flexibility index (Phi) is 3.75. The molecule has 2 aromatic carbocycles. The van der Waals surface area contributed by atoms with Crippen molar-refractivity contribution in [2.24, 2.45) is 11.0 Å². The lowest BCUT2D eigenvalue weighted by molar-refractivity contribution is -0.121. The zero-order valence-corrected chi connectivity index (χ0v) is 12.6. The quantitative estimate of drug-likeness (QED) is 0.902. The minimum Gasteiger partial charge on any atom is -0.273 e. The van der Waals surface area contributed by atoms with Crippen LogP contribution in [0.1, 0.15) is 24.5 Å². The minimum atomic E-state index is -0.223. The maximum absolute atomic E-state index is 13.2. The summed E-state index contributed by atoms with van der Waals surface area (Å²) in [5.41, 5.74) is 7.37. The lowest BCUT2D eigenvalue weighted by Gasteiger charge is -2.19. The summed E-state index contributed by atoms with van der Waals surface area (Å²) in [6.07, 6.45) is 0.456. The number of hydrogen-bond donors (Lipinski definition) is 1. The van der Waals surface area contributed by atoms with E-state index in [0.29, 0.717) is 6.42 Å². The molecule has 4 heteroatoms. The summed E-state index contributed by atoms with van der Waals surface area (Å²) in [4.78, 5) is 11.3. The fourth-order valence-corrected chi connectivity index (χ4v) is 2.77. The summed E-state index contributed by atoms with van der Waals surface area (Å²) >= 11 is 0. The third-order valence-corrected chi connectivity index (χ3v) is 3.94. The van der Waals surface area contributed by atoms with Gasteiger partial charge in [0.05, 0.1) is 5.71 Å². The zero-order valence-electron chi connectivity index (χ0n) is 12.6. The Morgan fingerprint density at radius 2 is 1.82 bits per heavy atom. The van der Waals surface area contributed by atoms with Gasteiger partial charge in [0.25, 0.3) is 0 Å². The Morgan fingerprint density at radius 3 is 2.45 bits per heavy atom. The summed E-state index contributed by atoms with van der Waals surface area (Å²) < 4.78 is 13.2. The highest BCUT2D eigenvalue weighted by Crippen LogP contribution is 2.25. The van der Waals surface area contributed by atoms with Crippen molar-refractivity contribution in [1.82, 2.24) is 5.43 Å². The molecule has 1 N–H and O–H groups in total. The number of hydrazone groups is 1. The molecule has 0 saturated heterocycles. The normalized spacial score (nSPS) is 17.9. The van der Waals surface area contributed by atoms with Gasteiger partial charge in [0, 0.05) is 12.3 Å². The van der Waals surface area contributed by atoms with Crippen LogP contribution in [0.3, 0.4) is 0 Å². The molecule has 0 bridgehead atoms. The van der Waals surface area contributed by atoms with Crippen LogP contribution in [-0.4, -0.2) is 11.6 Å². The Hall–Kier alpha value is -2.49. The number of amides is 1. The highest BCUT2D eigenvalue weighted by atomic mass is 19.1. The molecule has 0 unspecified atom stereocenters. The molecule has 1 atom stereocenters. The molecule has 0 aliphatic carbocycles. The summed E-state index contributed by atoms with van der Waals surface area (Å²) in [7, 11) is 0. The van der Waals surface area contributed by atoms with E-state index in [-0.39, 0.29) is 17.6 Å². The summed E-state index contributed by atoms with van der Waals surface area (Å²) in [6, 6.07) is 12.8. The van der Waals surface area contributed by atoms with Crippen molar-refractivity contribution < 1.29 is 9.18 Å². The van der Waals surface area contributed by atoms with Gasteiger partial charge in [-0.2, -0.15) is 5.10 Å². The van der Waals surface area contributed by atoms with E-state index in [1.54, 1.807) is 6.07 Å². The second-order valence-electron chi connectivity index (χ2n) is 5.67. The van der Waals surface area contributed by atoms with Crippen LogP contribution in [-0.2, 0) is 4.79 Å². The van der Waals surface area contributed by atoms with Gasteiger partial charge in [-0.15, -0.1) is 0 Å². The summed E-state index contributed by atoms with van der Waals surface area (Å²) in [5, 5.41) is 4.16. The SMILES string of the molecule is Cc1cc(F)ccc1-c1ccc(C2=NNC(=O)C[C@H]2C)cc1. The maximum Gasteiger partial charge on any atom is 0.240 e. The summed E-state index contributed by atoms with van der Waals surface area (Å²) in [6.45, 7) is 3.89. The van der Waals surface area contributed by atoms with E-state index < -0.39 is 0 Å². The van der Waals surface area contributed by atoms with Crippen molar-refractivity contribution in [3.05, 3.63) is 59.4 Å². The molecule has 0 radical (unpaired) electrons. The van der Waals surface area contributed by atoms with E-state index >= 15 is 0 Å². The van der Waals surface area contributed by atoms with E-state index in [9.17, 15) is 9.18 Å². The number of halogens is 1. The van der Waals surface area contributed by atoms with Crippen molar-refractivity contribution >= 4 is 11.6 Å². The van der Waals surface area contributed by atoms with Crippen LogP contribution >= 0.6 is 0 Å². The molecule has 1 heterocycles.